The first-order valence-corrected chi connectivity index (χ1v) is 10.3. The highest BCUT2D eigenvalue weighted by Gasteiger charge is 2.19. The Bertz CT molecular complexity index is 362. The number of hydrogen-bond donors (Lipinski definition) is 2. The molecule has 8 nitrogen and oxygen atoms in total. The summed E-state index contributed by atoms with van der Waals surface area (Å²) in [6.45, 7) is 11.6. The summed E-state index contributed by atoms with van der Waals surface area (Å²) in [5.41, 5.74) is 0. The van der Waals surface area contributed by atoms with Crippen LogP contribution in [0.2, 0.25) is 0 Å². The minimum absolute atomic E-state index is 0.0160. The van der Waals surface area contributed by atoms with Gasteiger partial charge in [0.2, 0.25) is 0 Å². The molecule has 4 atom stereocenters. The summed E-state index contributed by atoms with van der Waals surface area (Å²) in [5.74, 6) is 0. The van der Waals surface area contributed by atoms with Crippen LogP contribution >= 0.6 is 7.82 Å². The summed E-state index contributed by atoms with van der Waals surface area (Å²) in [6, 6.07) is 0. The largest absolute Gasteiger partial charge is 0.469 e. The van der Waals surface area contributed by atoms with E-state index in [0.717, 1.165) is 19.4 Å². The highest BCUT2D eigenvalue weighted by atomic mass is 31.2. The molecule has 0 spiro atoms. The van der Waals surface area contributed by atoms with Gasteiger partial charge in [-0.25, -0.2) is 4.57 Å². The second-order valence-corrected chi connectivity index (χ2v) is 7.46. The molecule has 0 aliphatic carbocycles. The number of ether oxygens (including phenoxy) is 4. The van der Waals surface area contributed by atoms with Gasteiger partial charge in [0.1, 0.15) is 0 Å². The van der Waals surface area contributed by atoms with Crippen molar-refractivity contribution in [3.8, 4) is 0 Å². The lowest BCUT2D eigenvalue weighted by molar-refractivity contribution is -0.0862. The minimum Gasteiger partial charge on any atom is -0.379 e. The molecule has 0 aromatic carbocycles. The van der Waals surface area contributed by atoms with E-state index in [1.165, 1.54) is 6.92 Å². The summed E-state index contributed by atoms with van der Waals surface area (Å²) < 4.78 is 37.5. The van der Waals surface area contributed by atoms with Crippen LogP contribution in [0.25, 0.3) is 0 Å². The summed E-state index contributed by atoms with van der Waals surface area (Å²) >= 11 is 0. The topological polar surface area (TPSA) is 104 Å². The van der Waals surface area contributed by atoms with E-state index in [-0.39, 0.29) is 24.9 Å². The predicted octanol–water partition coefficient (Wildman–Crippen LogP) is 2.52. The van der Waals surface area contributed by atoms with Gasteiger partial charge in [0.25, 0.3) is 0 Å². The highest BCUT2D eigenvalue weighted by Crippen LogP contribution is 2.37. The monoisotopic (exact) mass is 386 g/mol. The average Bonchev–Trinajstić information content (AvgIpc) is 2.51. The van der Waals surface area contributed by atoms with Gasteiger partial charge in [0.15, 0.2) is 0 Å². The first kappa shape index (κ1) is 24.9. The van der Waals surface area contributed by atoms with Crippen LogP contribution in [0.15, 0.2) is 0 Å². The molecule has 0 saturated heterocycles. The van der Waals surface area contributed by atoms with Crippen molar-refractivity contribution >= 4 is 7.82 Å². The van der Waals surface area contributed by atoms with Gasteiger partial charge in [-0.2, -0.15) is 0 Å². The zero-order valence-corrected chi connectivity index (χ0v) is 16.9. The van der Waals surface area contributed by atoms with Crippen molar-refractivity contribution < 1.29 is 37.8 Å². The van der Waals surface area contributed by atoms with Crippen molar-refractivity contribution in [3.05, 3.63) is 0 Å². The Kier molecular flexibility index (Phi) is 14.0. The Morgan fingerprint density at radius 1 is 0.800 bits per heavy atom. The van der Waals surface area contributed by atoms with E-state index in [9.17, 15) is 4.57 Å². The minimum atomic E-state index is -4.48. The van der Waals surface area contributed by atoms with Crippen LogP contribution < -0.4 is 0 Å². The SMILES string of the molecule is CCCCOCC(C)OCC(C)OCC(C)OCC(C)OP(=O)(O)O. The van der Waals surface area contributed by atoms with Crippen molar-refractivity contribution in [1.29, 1.82) is 0 Å². The van der Waals surface area contributed by atoms with Gasteiger partial charge < -0.3 is 28.7 Å². The standard InChI is InChI=1S/C16H35O8P/c1-6-7-8-20-9-13(2)21-10-14(3)22-11-15(4)23-12-16(5)24-25(17,18)19/h13-16H,6-12H2,1-5H3,(H2,17,18,19). The Labute approximate surface area is 151 Å². The molecule has 0 heterocycles. The van der Waals surface area contributed by atoms with E-state index < -0.39 is 13.9 Å². The lowest BCUT2D eigenvalue weighted by Crippen LogP contribution is -2.28. The second-order valence-electron chi connectivity index (χ2n) is 6.27. The Balaban J connectivity index is 3.72. The van der Waals surface area contributed by atoms with Gasteiger partial charge in [-0.05, 0) is 34.1 Å². The molecule has 0 aliphatic rings. The summed E-state index contributed by atoms with van der Waals surface area (Å²) in [5, 5.41) is 0. The van der Waals surface area contributed by atoms with Crippen LogP contribution in [-0.2, 0) is 28.0 Å². The molecule has 0 amide bonds. The Morgan fingerprint density at radius 3 is 1.68 bits per heavy atom. The van der Waals surface area contributed by atoms with Crippen molar-refractivity contribution in [3.63, 3.8) is 0 Å². The number of rotatable bonds is 16. The highest BCUT2D eigenvalue weighted by molar-refractivity contribution is 7.46. The van der Waals surface area contributed by atoms with Gasteiger partial charge in [-0.15, -0.1) is 0 Å². The van der Waals surface area contributed by atoms with Gasteiger partial charge >= 0.3 is 7.82 Å². The number of hydrogen-bond acceptors (Lipinski definition) is 6. The van der Waals surface area contributed by atoms with Crippen LogP contribution in [0.4, 0.5) is 0 Å². The van der Waals surface area contributed by atoms with Crippen molar-refractivity contribution in [2.75, 3.05) is 33.0 Å². The lowest BCUT2D eigenvalue weighted by atomic mass is 10.3. The smallest absolute Gasteiger partial charge is 0.379 e. The second kappa shape index (κ2) is 14.1. The van der Waals surface area contributed by atoms with E-state index in [1.54, 1.807) is 0 Å². The molecular formula is C16H35O8P. The molecule has 4 unspecified atom stereocenters. The Morgan fingerprint density at radius 2 is 1.24 bits per heavy atom. The molecule has 0 radical (unpaired) electrons. The zero-order chi connectivity index (χ0) is 19.3. The fourth-order valence-electron chi connectivity index (χ4n) is 1.80. The maximum Gasteiger partial charge on any atom is 0.469 e. The number of phosphoric ester groups is 1. The van der Waals surface area contributed by atoms with E-state index in [0.29, 0.717) is 19.8 Å². The van der Waals surface area contributed by atoms with Crippen LogP contribution in [0.5, 0.6) is 0 Å². The van der Waals surface area contributed by atoms with Crippen LogP contribution in [0.1, 0.15) is 47.5 Å². The third-order valence-corrected chi connectivity index (χ3v) is 3.79. The lowest BCUT2D eigenvalue weighted by Gasteiger charge is -2.21. The fraction of sp³-hybridized carbons (Fsp3) is 1.00. The van der Waals surface area contributed by atoms with Gasteiger partial charge in [-0.1, -0.05) is 13.3 Å². The van der Waals surface area contributed by atoms with E-state index in [4.69, 9.17) is 28.7 Å². The maximum absolute atomic E-state index is 10.7. The van der Waals surface area contributed by atoms with Crippen LogP contribution in [0.3, 0.4) is 0 Å². The molecule has 0 rings (SSSR count). The molecule has 25 heavy (non-hydrogen) atoms. The zero-order valence-electron chi connectivity index (χ0n) is 16.1. The van der Waals surface area contributed by atoms with Crippen molar-refractivity contribution in [2.45, 2.75) is 71.9 Å². The number of phosphoric acid groups is 1. The maximum atomic E-state index is 10.7. The summed E-state index contributed by atoms with van der Waals surface area (Å²) in [4.78, 5) is 17.4. The average molecular weight is 386 g/mol. The van der Waals surface area contributed by atoms with Gasteiger partial charge in [-0.3, -0.25) is 4.52 Å². The van der Waals surface area contributed by atoms with Gasteiger partial charge in [0.05, 0.1) is 50.8 Å². The third-order valence-electron chi connectivity index (χ3n) is 3.16. The Hall–Kier alpha value is -0.0500. The summed E-state index contributed by atoms with van der Waals surface area (Å²) in [7, 11) is -4.48. The molecule has 0 aliphatic heterocycles. The predicted molar refractivity (Wildman–Crippen MR) is 94.6 cm³/mol. The van der Waals surface area contributed by atoms with E-state index in [1.807, 2.05) is 20.8 Å². The molecule has 9 heteroatoms. The molecule has 152 valence electrons. The first-order valence-electron chi connectivity index (χ1n) is 8.80. The summed E-state index contributed by atoms with van der Waals surface area (Å²) in [6.07, 6.45) is 1.18. The molecule has 0 aromatic heterocycles. The molecule has 2 N–H and O–H groups in total. The molecule has 0 fully saturated rings. The molecule has 0 bridgehead atoms. The fourth-order valence-corrected chi connectivity index (χ4v) is 2.33. The van der Waals surface area contributed by atoms with Crippen molar-refractivity contribution in [1.82, 2.24) is 0 Å². The number of unbranched alkanes of at least 4 members (excludes halogenated alkanes) is 1. The first-order chi connectivity index (χ1) is 11.6. The van der Waals surface area contributed by atoms with E-state index >= 15 is 0 Å². The molecular weight excluding hydrogens is 351 g/mol. The third kappa shape index (κ3) is 17.1. The molecule has 0 aromatic rings. The normalized spacial score (nSPS) is 17.2. The van der Waals surface area contributed by atoms with Crippen molar-refractivity contribution in [2.24, 2.45) is 0 Å². The molecule has 0 saturated carbocycles. The van der Waals surface area contributed by atoms with Gasteiger partial charge in [0, 0.05) is 6.61 Å². The quantitative estimate of drug-likeness (QED) is 0.308. The van der Waals surface area contributed by atoms with Crippen LogP contribution in [0, 0.1) is 0 Å². The van der Waals surface area contributed by atoms with E-state index in [2.05, 4.69) is 11.4 Å². The van der Waals surface area contributed by atoms with Crippen LogP contribution in [-0.4, -0.2) is 67.2 Å².